The molecule has 0 amide bonds. The lowest BCUT2D eigenvalue weighted by molar-refractivity contribution is 0.100. The number of fused-ring (bicyclic) bond motifs is 1. The van der Waals surface area contributed by atoms with Crippen molar-refractivity contribution in [2.45, 2.75) is 10.4 Å². The van der Waals surface area contributed by atoms with Crippen LogP contribution in [0, 0.1) is 0 Å². The highest BCUT2D eigenvalue weighted by atomic mass is 32.2. The minimum atomic E-state index is -0.658. The number of nitrogens with zero attached hydrogens (tertiary/aromatic N) is 2. The van der Waals surface area contributed by atoms with Gasteiger partial charge < -0.3 is 9.30 Å². The molecule has 0 unspecified atom stereocenters. The van der Waals surface area contributed by atoms with Crippen LogP contribution in [0.5, 0.6) is 5.75 Å². The molecule has 44 heavy (non-hydrogen) atoms. The summed E-state index contributed by atoms with van der Waals surface area (Å²) in [5, 5.41) is 0. The number of carbonyl (C=O) groups is 1. The van der Waals surface area contributed by atoms with Gasteiger partial charge in [-0.3, -0.25) is 4.79 Å². The highest BCUT2D eigenvalue weighted by molar-refractivity contribution is 7.98. The van der Waals surface area contributed by atoms with Crippen LogP contribution in [0.2, 0.25) is 0 Å². The molecule has 2 heterocycles. The molecule has 4 nitrogen and oxygen atoms in total. The van der Waals surface area contributed by atoms with Crippen LogP contribution in [0.3, 0.4) is 0 Å². The number of aromatic nitrogens is 2. The first kappa shape index (κ1) is 27.7. The van der Waals surface area contributed by atoms with Gasteiger partial charge in [0.25, 0.3) is 0 Å². The average Bonchev–Trinajstić information content (AvgIpc) is 3.58. The van der Waals surface area contributed by atoms with Crippen molar-refractivity contribution in [3.8, 4) is 17.0 Å². The van der Waals surface area contributed by atoms with E-state index in [-0.39, 0.29) is 12.4 Å². The summed E-state index contributed by atoms with van der Waals surface area (Å²) >= 11 is 1.63. The topological polar surface area (TPSA) is 44.1 Å². The number of carbonyl (C=O) groups excluding carboxylic acids is 1. The van der Waals surface area contributed by atoms with Crippen molar-refractivity contribution in [2.75, 3.05) is 12.9 Å². The summed E-state index contributed by atoms with van der Waals surface area (Å²) in [6.45, 7) is 0.228. The van der Waals surface area contributed by atoms with Crippen molar-refractivity contribution in [3.63, 3.8) is 0 Å². The summed E-state index contributed by atoms with van der Waals surface area (Å²) < 4.78 is 8.25. The lowest BCUT2D eigenvalue weighted by Crippen LogP contribution is -2.36. The highest BCUT2D eigenvalue weighted by Crippen LogP contribution is 2.42. The third-order valence-electron chi connectivity index (χ3n) is 8.22. The van der Waals surface area contributed by atoms with E-state index in [9.17, 15) is 4.79 Å². The number of ether oxygens (including phenoxy) is 1. The predicted octanol–water partition coefficient (Wildman–Crippen LogP) is 8.77. The van der Waals surface area contributed by atoms with Gasteiger partial charge in [-0.2, -0.15) is 0 Å². The molecule has 0 radical (unpaired) electrons. The molecule has 0 saturated heterocycles. The molecule has 0 aliphatic carbocycles. The van der Waals surface area contributed by atoms with E-state index in [1.807, 2.05) is 73.3 Å². The zero-order chi connectivity index (χ0) is 29.9. The maximum absolute atomic E-state index is 13.5. The van der Waals surface area contributed by atoms with Crippen molar-refractivity contribution in [3.05, 3.63) is 179 Å². The van der Waals surface area contributed by atoms with Crippen molar-refractivity contribution in [1.29, 1.82) is 0 Å². The predicted molar refractivity (Wildman–Crippen MR) is 178 cm³/mol. The number of Topliss-reactive ketones (excluding diaryl/α,β-unsaturated/α-hetero) is 1. The van der Waals surface area contributed by atoms with Crippen molar-refractivity contribution in [2.24, 2.45) is 0 Å². The number of rotatable bonds is 7. The zero-order valence-electron chi connectivity index (χ0n) is 24.3. The Morgan fingerprint density at radius 3 is 1.95 bits per heavy atom. The van der Waals surface area contributed by atoms with Crippen LogP contribution in [0.15, 0.2) is 156 Å². The van der Waals surface area contributed by atoms with Gasteiger partial charge in [-0.1, -0.05) is 115 Å². The first-order chi connectivity index (χ1) is 21.7. The van der Waals surface area contributed by atoms with E-state index in [4.69, 9.17) is 9.72 Å². The van der Waals surface area contributed by atoms with Gasteiger partial charge >= 0.3 is 0 Å². The summed E-state index contributed by atoms with van der Waals surface area (Å²) in [4.78, 5) is 19.5. The molecule has 7 rings (SSSR count). The van der Waals surface area contributed by atoms with Gasteiger partial charge in [0.2, 0.25) is 0 Å². The summed E-state index contributed by atoms with van der Waals surface area (Å²) in [7, 11) is 0. The normalized spacial score (nSPS) is 13.8. The summed E-state index contributed by atoms with van der Waals surface area (Å²) in [5.41, 5.74) is 6.62. The molecule has 0 atom stereocenters. The minimum absolute atomic E-state index is 0.00418. The summed E-state index contributed by atoms with van der Waals surface area (Å²) in [6, 6.07) is 45.5. The third-order valence-corrected chi connectivity index (χ3v) is 8.94. The number of thioether (sulfide) groups is 1. The van der Waals surface area contributed by atoms with Crippen LogP contribution in [0.4, 0.5) is 0 Å². The van der Waals surface area contributed by atoms with Crippen LogP contribution in [0.1, 0.15) is 32.6 Å². The SMILES string of the molecule is CSc1ccc2c(c1)OCC(=Cc1ccccc1-c1cn(C(c3ccccc3)(c3ccccc3)c3ccccc3)cn1)C2=O. The number of ketones is 1. The summed E-state index contributed by atoms with van der Waals surface area (Å²) in [5.74, 6) is 0.639. The van der Waals surface area contributed by atoms with E-state index in [0.29, 0.717) is 16.9 Å². The number of hydrogen-bond acceptors (Lipinski definition) is 4. The smallest absolute Gasteiger partial charge is 0.196 e. The van der Waals surface area contributed by atoms with Gasteiger partial charge in [-0.05, 0) is 52.8 Å². The largest absolute Gasteiger partial charge is 0.488 e. The van der Waals surface area contributed by atoms with Gasteiger partial charge in [0, 0.05) is 22.2 Å². The lowest BCUT2D eigenvalue weighted by Gasteiger charge is -2.37. The molecular weight excluding hydrogens is 561 g/mol. The fourth-order valence-electron chi connectivity index (χ4n) is 6.11. The quantitative estimate of drug-likeness (QED) is 0.106. The van der Waals surface area contributed by atoms with Gasteiger partial charge in [-0.25, -0.2) is 4.98 Å². The number of hydrogen-bond donors (Lipinski definition) is 0. The molecule has 5 aromatic carbocycles. The van der Waals surface area contributed by atoms with E-state index in [2.05, 4.69) is 89.6 Å². The van der Waals surface area contributed by atoms with Crippen LogP contribution < -0.4 is 4.74 Å². The molecule has 0 bridgehead atoms. The molecule has 5 heteroatoms. The number of benzene rings is 5. The molecule has 1 aliphatic rings. The first-order valence-corrected chi connectivity index (χ1v) is 15.8. The first-order valence-electron chi connectivity index (χ1n) is 14.5. The van der Waals surface area contributed by atoms with E-state index >= 15 is 0 Å². The van der Waals surface area contributed by atoms with Gasteiger partial charge in [-0.15, -0.1) is 11.8 Å². The Balaban J connectivity index is 1.35. The van der Waals surface area contributed by atoms with Gasteiger partial charge in [0.05, 0.1) is 17.6 Å². The van der Waals surface area contributed by atoms with E-state index in [1.165, 1.54) is 0 Å². The molecule has 1 aliphatic heterocycles. The minimum Gasteiger partial charge on any atom is -0.488 e. The van der Waals surface area contributed by atoms with Gasteiger partial charge in [0.15, 0.2) is 5.78 Å². The standard InChI is InChI=1S/C39H30N2O2S/c1-44-33-21-22-35-37(24-33)43-26-29(38(35)42)23-28-13-11-12-20-34(28)36-25-41(27-40-36)39(30-14-5-2-6-15-30,31-16-7-3-8-17-31)32-18-9-4-10-19-32/h2-25,27H,26H2,1H3. The molecule has 6 aromatic rings. The van der Waals surface area contributed by atoms with E-state index in [0.717, 1.165) is 38.4 Å². The summed E-state index contributed by atoms with van der Waals surface area (Å²) in [6.07, 6.45) is 7.99. The second-order valence-corrected chi connectivity index (χ2v) is 11.6. The Labute approximate surface area is 261 Å². The molecule has 0 spiro atoms. The van der Waals surface area contributed by atoms with Crippen LogP contribution in [-0.2, 0) is 5.54 Å². The Morgan fingerprint density at radius 1 is 0.750 bits per heavy atom. The maximum Gasteiger partial charge on any atom is 0.196 e. The van der Waals surface area contributed by atoms with Crippen LogP contribution in [0.25, 0.3) is 17.3 Å². The Morgan fingerprint density at radius 2 is 1.34 bits per heavy atom. The van der Waals surface area contributed by atoms with Crippen molar-refractivity contribution in [1.82, 2.24) is 9.55 Å². The molecular formula is C39H30N2O2S. The third kappa shape index (κ3) is 4.85. The Hall–Kier alpha value is -5.13. The fourth-order valence-corrected chi connectivity index (χ4v) is 6.54. The number of imidazole rings is 1. The lowest BCUT2D eigenvalue weighted by atomic mass is 9.77. The molecule has 0 saturated carbocycles. The molecule has 0 N–H and O–H groups in total. The van der Waals surface area contributed by atoms with E-state index in [1.54, 1.807) is 11.8 Å². The molecule has 1 aromatic heterocycles. The van der Waals surface area contributed by atoms with Crippen LogP contribution >= 0.6 is 11.8 Å². The van der Waals surface area contributed by atoms with Crippen molar-refractivity contribution >= 4 is 23.6 Å². The monoisotopic (exact) mass is 590 g/mol. The molecule has 214 valence electrons. The fraction of sp³-hybridized carbons (Fsp3) is 0.0769. The van der Waals surface area contributed by atoms with E-state index < -0.39 is 5.54 Å². The Bertz CT molecular complexity index is 1870. The second kappa shape index (κ2) is 11.9. The second-order valence-electron chi connectivity index (χ2n) is 10.7. The van der Waals surface area contributed by atoms with Crippen LogP contribution in [-0.4, -0.2) is 28.2 Å². The average molecular weight is 591 g/mol. The molecule has 0 fully saturated rings. The zero-order valence-corrected chi connectivity index (χ0v) is 25.1. The van der Waals surface area contributed by atoms with Crippen molar-refractivity contribution < 1.29 is 9.53 Å². The Kier molecular flexibility index (Phi) is 7.47. The highest BCUT2D eigenvalue weighted by Gasteiger charge is 2.38. The van der Waals surface area contributed by atoms with Gasteiger partial charge in [0.1, 0.15) is 17.9 Å². The maximum atomic E-state index is 13.5.